The molecule has 2 amide bonds. The Hall–Kier alpha value is -2.72. The molecule has 2 aromatic rings. The highest BCUT2D eigenvalue weighted by Gasteiger charge is 2.24. The van der Waals surface area contributed by atoms with Crippen LogP contribution in [0.5, 0.6) is 0 Å². The molecule has 1 aliphatic rings. The molecular formula is C22H32N6O3S. The van der Waals surface area contributed by atoms with Crippen LogP contribution >= 0.6 is 0 Å². The van der Waals surface area contributed by atoms with Gasteiger partial charge in [-0.2, -0.15) is 4.31 Å². The maximum absolute atomic E-state index is 12.6. The lowest BCUT2D eigenvalue weighted by Gasteiger charge is -2.33. The van der Waals surface area contributed by atoms with E-state index in [0.29, 0.717) is 25.6 Å². The molecule has 0 spiro atoms. The Bertz CT molecular complexity index is 980. The first-order chi connectivity index (χ1) is 15.3. The number of carbonyl (C=O) groups excluding carboxylic acids is 1. The number of hydrogen-bond donors (Lipinski definition) is 2. The summed E-state index contributed by atoms with van der Waals surface area (Å²) in [7, 11) is -3.50. The predicted octanol–water partition coefficient (Wildman–Crippen LogP) is 2.54. The highest BCUT2D eigenvalue weighted by atomic mass is 32.2. The van der Waals surface area contributed by atoms with Gasteiger partial charge in [0, 0.05) is 44.6 Å². The molecular weight excluding hydrogens is 428 g/mol. The van der Waals surface area contributed by atoms with Gasteiger partial charge in [0.05, 0.1) is 10.9 Å². The number of sulfonamides is 1. The Morgan fingerprint density at radius 1 is 1.19 bits per heavy atom. The number of rotatable bonds is 8. The van der Waals surface area contributed by atoms with Crippen molar-refractivity contribution in [3.63, 3.8) is 0 Å². The van der Waals surface area contributed by atoms with Gasteiger partial charge in [-0.3, -0.25) is 0 Å². The van der Waals surface area contributed by atoms with Crippen molar-refractivity contribution < 1.29 is 13.2 Å². The SMILES string of the molecule is CCN(CC)S(=O)(=O)c1ccc(C(C)NC(=O)NC2CCCN(c3ncccn3)C2)cc1. The molecule has 9 nitrogen and oxygen atoms in total. The van der Waals surface area contributed by atoms with Crippen molar-refractivity contribution in [1.29, 1.82) is 0 Å². The lowest BCUT2D eigenvalue weighted by molar-refractivity contribution is 0.232. The Kier molecular flexibility index (Phi) is 8.03. The van der Waals surface area contributed by atoms with Crippen LogP contribution in [0.1, 0.15) is 45.2 Å². The smallest absolute Gasteiger partial charge is 0.315 e. The second kappa shape index (κ2) is 10.7. The first-order valence-electron chi connectivity index (χ1n) is 11.0. The van der Waals surface area contributed by atoms with Gasteiger partial charge in [0.25, 0.3) is 0 Å². The summed E-state index contributed by atoms with van der Waals surface area (Å²) in [6.45, 7) is 7.88. The highest BCUT2D eigenvalue weighted by Crippen LogP contribution is 2.20. The second-order valence-electron chi connectivity index (χ2n) is 7.83. The van der Waals surface area contributed by atoms with Crippen LogP contribution in [0, 0.1) is 0 Å². The summed E-state index contributed by atoms with van der Waals surface area (Å²) in [6.07, 6.45) is 5.27. The second-order valence-corrected chi connectivity index (χ2v) is 9.77. The van der Waals surface area contributed by atoms with Crippen LogP contribution in [-0.2, 0) is 10.0 Å². The summed E-state index contributed by atoms with van der Waals surface area (Å²) in [5.74, 6) is 0.674. The van der Waals surface area contributed by atoms with E-state index in [9.17, 15) is 13.2 Å². The topological polar surface area (TPSA) is 108 Å². The molecule has 10 heteroatoms. The molecule has 1 aromatic heterocycles. The highest BCUT2D eigenvalue weighted by molar-refractivity contribution is 7.89. The molecule has 1 fully saturated rings. The minimum absolute atomic E-state index is 0.00125. The molecule has 3 rings (SSSR count). The van der Waals surface area contributed by atoms with Crippen LogP contribution in [0.15, 0.2) is 47.6 Å². The van der Waals surface area contributed by atoms with Gasteiger partial charge in [-0.1, -0.05) is 26.0 Å². The van der Waals surface area contributed by atoms with E-state index >= 15 is 0 Å². The number of urea groups is 1. The number of aromatic nitrogens is 2. The number of anilines is 1. The summed E-state index contributed by atoms with van der Waals surface area (Å²) in [4.78, 5) is 23.5. The van der Waals surface area contributed by atoms with Gasteiger partial charge in [0.1, 0.15) is 0 Å². The molecule has 1 saturated heterocycles. The van der Waals surface area contributed by atoms with Crippen LogP contribution in [0.3, 0.4) is 0 Å². The summed E-state index contributed by atoms with van der Waals surface area (Å²) in [5.41, 5.74) is 0.835. The quantitative estimate of drug-likeness (QED) is 0.627. The Morgan fingerprint density at radius 2 is 1.84 bits per heavy atom. The van der Waals surface area contributed by atoms with E-state index < -0.39 is 10.0 Å². The summed E-state index contributed by atoms with van der Waals surface area (Å²) in [5, 5.41) is 5.98. The number of nitrogens with one attached hydrogen (secondary N) is 2. The van der Waals surface area contributed by atoms with Gasteiger partial charge in [-0.05, 0) is 43.5 Å². The first kappa shape index (κ1) is 23.9. The number of carbonyl (C=O) groups is 1. The third-order valence-electron chi connectivity index (χ3n) is 5.66. The summed E-state index contributed by atoms with van der Waals surface area (Å²) < 4.78 is 26.7. The van der Waals surface area contributed by atoms with Crippen LogP contribution in [0.4, 0.5) is 10.7 Å². The molecule has 2 unspecified atom stereocenters. The molecule has 1 aliphatic heterocycles. The third kappa shape index (κ3) is 5.74. The van der Waals surface area contributed by atoms with Crippen molar-refractivity contribution in [2.75, 3.05) is 31.1 Å². The number of piperidine rings is 1. The lowest BCUT2D eigenvalue weighted by atomic mass is 10.1. The van der Waals surface area contributed by atoms with E-state index in [1.165, 1.54) is 4.31 Å². The van der Waals surface area contributed by atoms with E-state index in [1.807, 2.05) is 20.8 Å². The molecule has 0 bridgehead atoms. The van der Waals surface area contributed by atoms with E-state index in [0.717, 1.165) is 24.9 Å². The van der Waals surface area contributed by atoms with Crippen molar-refractivity contribution in [2.24, 2.45) is 0 Å². The molecule has 0 aliphatic carbocycles. The zero-order valence-electron chi connectivity index (χ0n) is 18.9. The molecule has 32 heavy (non-hydrogen) atoms. The Balaban J connectivity index is 1.56. The minimum Gasteiger partial charge on any atom is -0.339 e. The first-order valence-corrected chi connectivity index (χ1v) is 12.5. The Labute approximate surface area is 190 Å². The number of nitrogens with zero attached hydrogens (tertiary/aromatic N) is 4. The molecule has 2 N–H and O–H groups in total. The zero-order chi connectivity index (χ0) is 23.1. The average Bonchev–Trinajstić information content (AvgIpc) is 2.80. The van der Waals surface area contributed by atoms with E-state index in [2.05, 4.69) is 25.5 Å². The van der Waals surface area contributed by atoms with E-state index in [4.69, 9.17) is 0 Å². The minimum atomic E-state index is -3.50. The van der Waals surface area contributed by atoms with E-state index in [-0.39, 0.29) is 23.0 Å². The predicted molar refractivity (Wildman–Crippen MR) is 124 cm³/mol. The van der Waals surface area contributed by atoms with Gasteiger partial charge >= 0.3 is 6.03 Å². The zero-order valence-corrected chi connectivity index (χ0v) is 19.7. The maximum atomic E-state index is 12.6. The van der Waals surface area contributed by atoms with Crippen molar-refractivity contribution in [2.45, 2.75) is 50.6 Å². The Morgan fingerprint density at radius 3 is 2.47 bits per heavy atom. The van der Waals surface area contributed by atoms with Gasteiger partial charge in [-0.25, -0.2) is 23.2 Å². The van der Waals surface area contributed by atoms with Crippen LogP contribution < -0.4 is 15.5 Å². The molecule has 2 heterocycles. The fourth-order valence-electron chi connectivity index (χ4n) is 3.88. The molecule has 0 radical (unpaired) electrons. The van der Waals surface area contributed by atoms with Crippen molar-refractivity contribution in [1.82, 2.24) is 24.9 Å². The number of amides is 2. The summed E-state index contributed by atoms with van der Waals surface area (Å²) in [6, 6.07) is 7.95. The van der Waals surface area contributed by atoms with Crippen molar-refractivity contribution in [3.05, 3.63) is 48.3 Å². The molecule has 0 saturated carbocycles. The standard InChI is InChI=1S/C22H32N6O3S/c1-4-28(5-2)32(30,31)20-11-9-18(10-12-20)17(3)25-22(29)26-19-8-6-15-27(16-19)21-23-13-7-14-24-21/h7,9-14,17,19H,4-6,8,15-16H2,1-3H3,(H2,25,26,29). The monoisotopic (exact) mass is 460 g/mol. The van der Waals surface area contributed by atoms with Crippen molar-refractivity contribution in [3.8, 4) is 0 Å². The fraction of sp³-hybridized carbons (Fsp3) is 0.500. The molecule has 2 atom stereocenters. The van der Waals surface area contributed by atoms with Crippen LogP contribution in [0.25, 0.3) is 0 Å². The fourth-order valence-corrected chi connectivity index (χ4v) is 5.34. The summed E-state index contributed by atoms with van der Waals surface area (Å²) >= 11 is 0. The number of benzene rings is 1. The van der Waals surface area contributed by atoms with Gasteiger partial charge in [0.2, 0.25) is 16.0 Å². The third-order valence-corrected chi connectivity index (χ3v) is 7.73. The maximum Gasteiger partial charge on any atom is 0.315 e. The van der Waals surface area contributed by atoms with E-state index in [1.54, 1.807) is 42.7 Å². The van der Waals surface area contributed by atoms with Crippen LogP contribution in [-0.4, -0.2) is 60.9 Å². The van der Waals surface area contributed by atoms with Gasteiger partial charge in [0.15, 0.2) is 0 Å². The molecule has 174 valence electrons. The largest absolute Gasteiger partial charge is 0.339 e. The van der Waals surface area contributed by atoms with Crippen molar-refractivity contribution >= 4 is 22.0 Å². The van der Waals surface area contributed by atoms with Gasteiger partial charge < -0.3 is 15.5 Å². The van der Waals surface area contributed by atoms with Gasteiger partial charge in [-0.15, -0.1) is 0 Å². The van der Waals surface area contributed by atoms with Crippen LogP contribution in [0.2, 0.25) is 0 Å². The average molecular weight is 461 g/mol. The lowest BCUT2D eigenvalue weighted by Crippen LogP contribution is -2.51. The number of hydrogen-bond acceptors (Lipinski definition) is 6. The normalized spacial score (nSPS) is 17.8. The molecule has 1 aromatic carbocycles.